The highest BCUT2D eigenvalue weighted by Gasteiger charge is 2.22. The van der Waals surface area contributed by atoms with Crippen molar-refractivity contribution in [1.82, 2.24) is 24.4 Å². The fourth-order valence-electron chi connectivity index (χ4n) is 4.09. The molecule has 0 spiro atoms. The lowest BCUT2D eigenvalue weighted by Crippen LogP contribution is -2.49. The molecule has 0 saturated carbocycles. The Bertz CT molecular complexity index is 1410. The number of benzene rings is 2. The monoisotopic (exact) mass is 504 g/mol. The molecule has 9 nitrogen and oxygen atoms in total. The predicted molar refractivity (Wildman–Crippen MR) is 141 cm³/mol. The van der Waals surface area contributed by atoms with E-state index in [0.29, 0.717) is 50.0 Å². The number of aromatic nitrogens is 3. The third kappa shape index (κ3) is 5.39. The molecule has 186 valence electrons. The average molecular weight is 505 g/mol. The summed E-state index contributed by atoms with van der Waals surface area (Å²) in [5, 5.41) is 8.18. The minimum atomic E-state index is -0.182. The van der Waals surface area contributed by atoms with Gasteiger partial charge in [0.2, 0.25) is 4.96 Å². The van der Waals surface area contributed by atoms with Gasteiger partial charge in [-0.1, -0.05) is 41.2 Å². The van der Waals surface area contributed by atoms with Crippen molar-refractivity contribution in [3.8, 4) is 16.3 Å². The molecule has 0 radical (unpaired) electrons. The number of nitrogens with one attached hydrogen (secondary N) is 1. The zero-order valence-electron chi connectivity index (χ0n) is 20.3. The first kappa shape index (κ1) is 24.0. The summed E-state index contributed by atoms with van der Waals surface area (Å²) in [6.45, 7) is 7.73. The molecular weight excluding hydrogens is 476 g/mol. The number of hydrogen-bond acceptors (Lipinski definition) is 7. The molecule has 2 amide bonds. The second-order valence-electron chi connectivity index (χ2n) is 8.70. The van der Waals surface area contributed by atoms with E-state index in [1.807, 2.05) is 62.4 Å². The smallest absolute Gasteiger partial charge is 0.321 e. The minimum absolute atomic E-state index is 0.120. The van der Waals surface area contributed by atoms with Gasteiger partial charge < -0.3 is 15.0 Å². The molecule has 10 heteroatoms. The molecule has 1 N–H and O–H groups in total. The molecule has 1 aliphatic rings. The molecule has 2 aromatic heterocycles. The van der Waals surface area contributed by atoms with Crippen molar-refractivity contribution in [1.29, 1.82) is 0 Å². The number of anilines is 1. The number of amides is 2. The Labute approximate surface area is 213 Å². The molecule has 1 aliphatic heterocycles. The Balaban J connectivity index is 1.19. The minimum Gasteiger partial charge on any atom is -0.494 e. The number of rotatable bonds is 6. The van der Waals surface area contributed by atoms with Crippen LogP contribution in [0, 0.1) is 6.92 Å². The zero-order chi connectivity index (χ0) is 25.1. The summed E-state index contributed by atoms with van der Waals surface area (Å²) in [5.41, 5.74) is 3.41. The highest BCUT2D eigenvalue weighted by atomic mass is 32.1. The predicted octanol–water partition coefficient (Wildman–Crippen LogP) is 3.87. The molecule has 1 saturated heterocycles. The number of ether oxygens (including phenoxy) is 1. The number of nitrogens with zero attached hydrogens (tertiary/aromatic N) is 5. The lowest BCUT2D eigenvalue weighted by Gasteiger charge is -2.34. The van der Waals surface area contributed by atoms with E-state index in [9.17, 15) is 9.59 Å². The van der Waals surface area contributed by atoms with Crippen molar-refractivity contribution in [3.63, 3.8) is 0 Å². The van der Waals surface area contributed by atoms with Crippen LogP contribution in [0.1, 0.15) is 18.2 Å². The number of urea groups is 1. The number of fused-ring (bicyclic) bond motifs is 1. The van der Waals surface area contributed by atoms with Crippen molar-refractivity contribution in [3.05, 3.63) is 76.2 Å². The number of aryl methyl sites for hydroxylation is 1. The lowest BCUT2D eigenvalue weighted by atomic mass is 10.2. The zero-order valence-corrected chi connectivity index (χ0v) is 21.1. The first-order valence-corrected chi connectivity index (χ1v) is 12.8. The second kappa shape index (κ2) is 10.5. The van der Waals surface area contributed by atoms with Crippen LogP contribution < -0.4 is 15.6 Å². The fourth-order valence-corrected chi connectivity index (χ4v) is 5.02. The van der Waals surface area contributed by atoms with Crippen LogP contribution in [-0.2, 0) is 6.54 Å². The molecule has 3 heterocycles. The van der Waals surface area contributed by atoms with Gasteiger partial charge in [0, 0.05) is 50.0 Å². The molecule has 5 rings (SSSR count). The molecule has 36 heavy (non-hydrogen) atoms. The summed E-state index contributed by atoms with van der Waals surface area (Å²) >= 11 is 1.41. The molecule has 1 fully saturated rings. The van der Waals surface area contributed by atoms with E-state index in [-0.39, 0.29) is 11.6 Å². The highest BCUT2D eigenvalue weighted by molar-refractivity contribution is 7.19. The third-order valence-electron chi connectivity index (χ3n) is 6.06. The average Bonchev–Trinajstić information content (AvgIpc) is 3.31. The maximum Gasteiger partial charge on any atom is 0.321 e. The highest BCUT2D eigenvalue weighted by Crippen LogP contribution is 2.24. The summed E-state index contributed by atoms with van der Waals surface area (Å²) in [7, 11) is 0. The number of piperazine rings is 1. The van der Waals surface area contributed by atoms with Crippen LogP contribution in [0.4, 0.5) is 10.5 Å². The Hall–Kier alpha value is -3.76. The Morgan fingerprint density at radius 3 is 2.47 bits per heavy atom. The third-order valence-corrected chi connectivity index (χ3v) is 7.02. The summed E-state index contributed by atoms with van der Waals surface area (Å²) in [5.74, 6) is 0.778. The van der Waals surface area contributed by atoms with Gasteiger partial charge in [0.25, 0.3) is 5.56 Å². The van der Waals surface area contributed by atoms with Crippen LogP contribution >= 0.6 is 11.3 Å². The van der Waals surface area contributed by atoms with Crippen molar-refractivity contribution >= 4 is 28.0 Å². The standard InChI is InChI=1S/C26H28N6O3S/c1-3-35-22-10-8-20(9-11-22)27-25(34)31-14-12-30(13-15-31)17-21-16-23(33)32-26(28-21)36-24(29-32)19-6-4-18(2)5-7-19/h4-11,16H,3,12-15,17H2,1-2H3,(H,27,34). The van der Waals surface area contributed by atoms with Gasteiger partial charge in [0.15, 0.2) is 0 Å². The van der Waals surface area contributed by atoms with Gasteiger partial charge in [0.1, 0.15) is 10.8 Å². The van der Waals surface area contributed by atoms with Crippen LogP contribution in [0.5, 0.6) is 5.75 Å². The van der Waals surface area contributed by atoms with E-state index in [0.717, 1.165) is 22.0 Å². The van der Waals surface area contributed by atoms with Gasteiger partial charge in [-0.3, -0.25) is 9.69 Å². The molecule has 2 aromatic carbocycles. The van der Waals surface area contributed by atoms with E-state index in [1.54, 1.807) is 11.0 Å². The molecule has 0 bridgehead atoms. The quantitative estimate of drug-likeness (QED) is 0.429. The van der Waals surface area contributed by atoms with Crippen molar-refractivity contribution in [2.75, 3.05) is 38.1 Å². The summed E-state index contributed by atoms with van der Waals surface area (Å²) in [6.07, 6.45) is 0. The maximum absolute atomic E-state index is 12.7. The summed E-state index contributed by atoms with van der Waals surface area (Å²) < 4.78 is 6.81. The van der Waals surface area contributed by atoms with Crippen LogP contribution in [0.2, 0.25) is 0 Å². The van der Waals surface area contributed by atoms with Gasteiger partial charge >= 0.3 is 6.03 Å². The number of carbonyl (C=O) groups excluding carboxylic acids is 1. The second-order valence-corrected chi connectivity index (χ2v) is 9.66. The number of carbonyl (C=O) groups is 1. The van der Waals surface area contributed by atoms with Crippen LogP contribution in [0.3, 0.4) is 0 Å². The normalized spacial score (nSPS) is 14.2. The van der Waals surface area contributed by atoms with E-state index in [4.69, 9.17) is 9.72 Å². The SMILES string of the molecule is CCOc1ccc(NC(=O)N2CCN(Cc3cc(=O)n4nc(-c5ccc(C)cc5)sc4n3)CC2)cc1. The van der Waals surface area contributed by atoms with Crippen molar-refractivity contribution < 1.29 is 9.53 Å². The lowest BCUT2D eigenvalue weighted by molar-refractivity contribution is 0.142. The first-order valence-electron chi connectivity index (χ1n) is 12.0. The summed E-state index contributed by atoms with van der Waals surface area (Å²) in [4.78, 5) is 34.7. The Kier molecular flexibility index (Phi) is 6.97. The van der Waals surface area contributed by atoms with Gasteiger partial charge in [-0.05, 0) is 38.1 Å². The maximum atomic E-state index is 12.7. The van der Waals surface area contributed by atoms with Gasteiger partial charge in [-0.15, -0.1) is 0 Å². The first-order chi connectivity index (χ1) is 17.5. The van der Waals surface area contributed by atoms with Gasteiger partial charge in [-0.2, -0.15) is 9.61 Å². The van der Waals surface area contributed by atoms with Crippen molar-refractivity contribution in [2.24, 2.45) is 0 Å². The molecule has 4 aromatic rings. The largest absolute Gasteiger partial charge is 0.494 e. The molecule has 0 aliphatic carbocycles. The van der Waals surface area contributed by atoms with Crippen molar-refractivity contribution in [2.45, 2.75) is 20.4 Å². The molecule has 0 atom stereocenters. The topological polar surface area (TPSA) is 92.1 Å². The Morgan fingerprint density at radius 1 is 1.06 bits per heavy atom. The van der Waals surface area contributed by atoms with E-state index in [1.165, 1.54) is 21.4 Å². The molecular formula is C26H28N6O3S. The van der Waals surface area contributed by atoms with Crippen LogP contribution in [0.15, 0.2) is 59.4 Å². The van der Waals surface area contributed by atoms with E-state index >= 15 is 0 Å². The Morgan fingerprint density at radius 2 is 1.78 bits per heavy atom. The van der Waals surface area contributed by atoms with Gasteiger partial charge in [-0.25, -0.2) is 9.78 Å². The van der Waals surface area contributed by atoms with E-state index < -0.39 is 0 Å². The van der Waals surface area contributed by atoms with Gasteiger partial charge in [0.05, 0.1) is 12.3 Å². The number of hydrogen-bond donors (Lipinski definition) is 1. The van der Waals surface area contributed by atoms with Crippen LogP contribution in [-0.4, -0.2) is 63.2 Å². The summed E-state index contributed by atoms with van der Waals surface area (Å²) in [6, 6.07) is 16.9. The van der Waals surface area contributed by atoms with Crippen LogP contribution in [0.25, 0.3) is 15.5 Å². The fraction of sp³-hybridized carbons (Fsp3) is 0.308. The van der Waals surface area contributed by atoms with E-state index in [2.05, 4.69) is 15.3 Å². The molecule has 0 unspecified atom stereocenters.